The molecule has 0 aliphatic heterocycles. The molecular weight excluding hydrogens is 232 g/mol. The van der Waals surface area contributed by atoms with Gasteiger partial charge in [-0.25, -0.2) is 9.78 Å². The standard InChI is InChI=1S/C13H20N2O3/c1-4-6-13(2,17)9-15-10-5-7-14-11(8-10)12(16)18-3/h5,7-8,17H,4,6,9H2,1-3H3,(H,14,15). The highest BCUT2D eigenvalue weighted by atomic mass is 16.5. The molecule has 18 heavy (non-hydrogen) atoms. The number of carbonyl (C=O) groups is 1. The van der Waals surface area contributed by atoms with Gasteiger partial charge in [0.05, 0.1) is 12.7 Å². The highest BCUT2D eigenvalue weighted by molar-refractivity contribution is 5.88. The predicted molar refractivity (Wildman–Crippen MR) is 69.6 cm³/mol. The van der Waals surface area contributed by atoms with Crippen LogP contribution in [0.2, 0.25) is 0 Å². The van der Waals surface area contributed by atoms with Crippen molar-refractivity contribution < 1.29 is 14.6 Å². The fraction of sp³-hybridized carbons (Fsp3) is 0.538. The number of hydrogen-bond donors (Lipinski definition) is 2. The Morgan fingerprint density at radius 2 is 2.33 bits per heavy atom. The molecule has 1 aromatic rings. The number of methoxy groups -OCH3 is 1. The normalized spacial score (nSPS) is 13.8. The van der Waals surface area contributed by atoms with Crippen molar-refractivity contribution in [1.29, 1.82) is 0 Å². The number of nitrogens with zero attached hydrogens (tertiary/aromatic N) is 1. The fourth-order valence-corrected chi connectivity index (χ4v) is 1.68. The van der Waals surface area contributed by atoms with Crippen molar-refractivity contribution in [2.45, 2.75) is 32.3 Å². The first-order valence-corrected chi connectivity index (χ1v) is 5.99. The molecule has 100 valence electrons. The zero-order valence-corrected chi connectivity index (χ0v) is 11.1. The second-order valence-electron chi connectivity index (χ2n) is 4.52. The van der Waals surface area contributed by atoms with Gasteiger partial charge in [0.2, 0.25) is 0 Å². The van der Waals surface area contributed by atoms with E-state index in [-0.39, 0.29) is 5.69 Å². The van der Waals surface area contributed by atoms with E-state index in [9.17, 15) is 9.90 Å². The minimum Gasteiger partial charge on any atom is -0.464 e. The minimum absolute atomic E-state index is 0.248. The summed E-state index contributed by atoms with van der Waals surface area (Å²) in [5, 5.41) is 13.1. The van der Waals surface area contributed by atoms with Crippen molar-refractivity contribution in [3.05, 3.63) is 24.0 Å². The van der Waals surface area contributed by atoms with Gasteiger partial charge in [0.25, 0.3) is 0 Å². The molecule has 0 bridgehead atoms. The number of hydrogen-bond acceptors (Lipinski definition) is 5. The van der Waals surface area contributed by atoms with Gasteiger partial charge in [-0.15, -0.1) is 0 Å². The average Bonchev–Trinajstić information content (AvgIpc) is 2.36. The molecular formula is C13H20N2O3. The highest BCUT2D eigenvalue weighted by Crippen LogP contribution is 2.15. The number of esters is 1. The monoisotopic (exact) mass is 252 g/mol. The number of nitrogens with one attached hydrogen (secondary N) is 1. The molecule has 0 spiro atoms. The molecule has 0 fully saturated rings. The van der Waals surface area contributed by atoms with E-state index in [0.717, 1.165) is 18.5 Å². The summed E-state index contributed by atoms with van der Waals surface area (Å²) in [5.74, 6) is -0.473. The lowest BCUT2D eigenvalue weighted by molar-refractivity contribution is 0.0594. The Hall–Kier alpha value is -1.62. The Labute approximate surface area is 107 Å². The SMILES string of the molecule is CCCC(C)(O)CNc1ccnc(C(=O)OC)c1. The molecule has 1 unspecified atom stereocenters. The van der Waals surface area contributed by atoms with E-state index in [4.69, 9.17) is 0 Å². The first-order valence-electron chi connectivity index (χ1n) is 5.99. The number of aliphatic hydroxyl groups is 1. The topological polar surface area (TPSA) is 71.5 Å². The van der Waals surface area contributed by atoms with Crippen molar-refractivity contribution in [1.82, 2.24) is 4.98 Å². The van der Waals surface area contributed by atoms with Crippen LogP contribution in [0.25, 0.3) is 0 Å². The fourth-order valence-electron chi connectivity index (χ4n) is 1.68. The van der Waals surface area contributed by atoms with E-state index >= 15 is 0 Å². The van der Waals surface area contributed by atoms with Crippen LogP contribution in [-0.2, 0) is 4.74 Å². The molecule has 0 saturated carbocycles. The van der Waals surface area contributed by atoms with Crippen LogP contribution in [0.5, 0.6) is 0 Å². The summed E-state index contributed by atoms with van der Waals surface area (Å²) in [4.78, 5) is 15.2. The van der Waals surface area contributed by atoms with E-state index in [0.29, 0.717) is 6.54 Å². The number of carbonyl (C=O) groups excluding carboxylic acids is 1. The Bertz CT molecular complexity index is 405. The highest BCUT2D eigenvalue weighted by Gasteiger charge is 2.18. The van der Waals surface area contributed by atoms with Crippen molar-refractivity contribution in [2.75, 3.05) is 19.0 Å². The largest absolute Gasteiger partial charge is 0.464 e. The maximum Gasteiger partial charge on any atom is 0.356 e. The Morgan fingerprint density at radius 3 is 2.94 bits per heavy atom. The van der Waals surface area contributed by atoms with Gasteiger partial charge in [0.15, 0.2) is 0 Å². The number of pyridine rings is 1. The molecule has 1 rings (SSSR count). The lowest BCUT2D eigenvalue weighted by Crippen LogP contribution is -2.33. The summed E-state index contributed by atoms with van der Waals surface area (Å²) in [5.41, 5.74) is 0.225. The van der Waals surface area contributed by atoms with Crippen LogP contribution >= 0.6 is 0 Å². The van der Waals surface area contributed by atoms with E-state index in [1.807, 2.05) is 6.92 Å². The number of aromatic nitrogens is 1. The summed E-state index contributed by atoms with van der Waals surface area (Å²) in [6, 6.07) is 3.35. The third-order valence-electron chi connectivity index (χ3n) is 2.62. The molecule has 0 aromatic carbocycles. The van der Waals surface area contributed by atoms with Crippen molar-refractivity contribution in [3.63, 3.8) is 0 Å². The molecule has 0 amide bonds. The second kappa shape index (κ2) is 6.35. The van der Waals surface area contributed by atoms with Crippen molar-refractivity contribution >= 4 is 11.7 Å². The van der Waals surface area contributed by atoms with Crippen LogP contribution in [0, 0.1) is 0 Å². The molecule has 2 N–H and O–H groups in total. The second-order valence-corrected chi connectivity index (χ2v) is 4.52. The van der Waals surface area contributed by atoms with Gasteiger partial charge in [-0.1, -0.05) is 13.3 Å². The zero-order valence-electron chi connectivity index (χ0n) is 11.1. The number of rotatable bonds is 6. The predicted octanol–water partition coefficient (Wildman–Crippen LogP) is 1.83. The minimum atomic E-state index is -0.760. The van der Waals surface area contributed by atoms with Gasteiger partial charge in [-0.3, -0.25) is 0 Å². The van der Waals surface area contributed by atoms with Crippen LogP contribution in [0.15, 0.2) is 18.3 Å². The van der Waals surface area contributed by atoms with Gasteiger partial charge in [-0.05, 0) is 25.5 Å². The maximum absolute atomic E-state index is 11.3. The van der Waals surface area contributed by atoms with Crippen molar-refractivity contribution in [2.24, 2.45) is 0 Å². The van der Waals surface area contributed by atoms with Gasteiger partial charge >= 0.3 is 5.97 Å². The van der Waals surface area contributed by atoms with Crippen LogP contribution in [0.1, 0.15) is 37.2 Å². The smallest absolute Gasteiger partial charge is 0.356 e. The molecule has 1 heterocycles. The van der Waals surface area contributed by atoms with Gasteiger partial charge in [-0.2, -0.15) is 0 Å². The Morgan fingerprint density at radius 1 is 1.61 bits per heavy atom. The van der Waals surface area contributed by atoms with E-state index in [1.54, 1.807) is 19.1 Å². The van der Waals surface area contributed by atoms with Gasteiger partial charge in [0, 0.05) is 18.4 Å². The molecule has 0 saturated heterocycles. The van der Waals surface area contributed by atoms with Crippen LogP contribution in [0.3, 0.4) is 0 Å². The van der Waals surface area contributed by atoms with Gasteiger partial charge < -0.3 is 15.2 Å². The molecule has 1 aromatic heterocycles. The molecule has 0 aliphatic carbocycles. The van der Waals surface area contributed by atoms with Crippen molar-refractivity contribution in [3.8, 4) is 0 Å². The molecule has 0 radical (unpaired) electrons. The maximum atomic E-state index is 11.3. The first-order chi connectivity index (χ1) is 8.48. The lowest BCUT2D eigenvalue weighted by Gasteiger charge is -2.23. The Kier molecular flexibility index (Phi) is 5.09. The number of anilines is 1. The molecule has 1 atom stereocenters. The average molecular weight is 252 g/mol. The third-order valence-corrected chi connectivity index (χ3v) is 2.62. The van der Waals surface area contributed by atoms with E-state index in [2.05, 4.69) is 15.0 Å². The summed E-state index contributed by atoms with van der Waals surface area (Å²) in [7, 11) is 1.32. The first kappa shape index (κ1) is 14.4. The third kappa shape index (κ3) is 4.33. The molecule has 0 aliphatic rings. The van der Waals surface area contributed by atoms with Gasteiger partial charge in [0.1, 0.15) is 5.69 Å². The quantitative estimate of drug-likeness (QED) is 0.756. The van der Waals surface area contributed by atoms with E-state index in [1.165, 1.54) is 13.3 Å². The van der Waals surface area contributed by atoms with Crippen LogP contribution in [0.4, 0.5) is 5.69 Å². The molecule has 5 heteroatoms. The summed E-state index contributed by atoms with van der Waals surface area (Å²) >= 11 is 0. The summed E-state index contributed by atoms with van der Waals surface area (Å²) in [6.07, 6.45) is 3.16. The van der Waals surface area contributed by atoms with Crippen LogP contribution in [-0.4, -0.2) is 35.3 Å². The summed E-state index contributed by atoms with van der Waals surface area (Å²) in [6.45, 7) is 4.23. The zero-order chi connectivity index (χ0) is 13.6. The lowest BCUT2D eigenvalue weighted by atomic mass is 10.0. The van der Waals surface area contributed by atoms with E-state index < -0.39 is 11.6 Å². The molecule has 5 nitrogen and oxygen atoms in total. The van der Waals surface area contributed by atoms with Crippen LogP contribution < -0.4 is 5.32 Å². The summed E-state index contributed by atoms with van der Waals surface area (Å²) < 4.78 is 4.60. The number of ether oxygens (including phenoxy) is 1. The Balaban J connectivity index is 2.65.